The highest BCUT2D eigenvalue weighted by Crippen LogP contribution is 2.31. The number of rotatable bonds is 2. The average molecular weight is 275 g/mol. The third kappa shape index (κ3) is 1.83. The van der Waals surface area contributed by atoms with E-state index in [9.17, 15) is 18.4 Å². The molecule has 0 saturated carbocycles. The molecule has 7 heteroatoms. The van der Waals surface area contributed by atoms with E-state index in [0.717, 1.165) is 17.0 Å². The maximum absolute atomic E-state index is 13.3. The second-order valence-corrected chi connectivity index (χ2v) is 4.17. The summed E-state index contributed by atoms with van der Waals surface area (Å²) in [4.78, 5) is 32.5. The molecular weight excluding hydrogens is 268 g/mol. The third-order valence-electron chi connectivity index (χ3n) is 2.93. The number of nitrogens with zero attached hydrogens (tertiary/aromatic N) is 3. The summed E-state index contributed by atoms with van der Waals surface area (Å²) in [5, 5.41) is 0. The lowest BCUT2D eigenvalue weighted by molar-refractivity contribution is -0.114. The smallest absolute Gasteiger partial charge is 0.297 e. The first-order valence-electron chi connectivity index (χ1n) is 5.69. The van der Waals surface area contributed by atoms with E-state index in [1.165, 1.54) is 12.4 Å². The highest BCUT2D eigenvalue weighted by Gasteiger charge is 2.37. The van der Waals surface area contributed by atoms with Gasteiger partial charge in [-0.05, 0) is 12.1 Å². The largest absolute Gasteiger partial charge is 0.299 e. The van der Waals surface area contributed by atoms with Gasteiger partial charge < -0.3 is 0 Å². The molecule has 1 aliphatic rings. The van der Waals surface area contributed by atoms with Gasteiger partial charge in [0, 0.05) is 18.5 Å². The van der Waals surface area contributed by atoms with Crippen LogP contribution in [0, 0.1) is 11.6 Å². The summed E-state index contributed by atoms with van der Waals surface area (Å²) in [7, 11) is 0. The van der Waals surface area contributed by atoms with Crippen LogP contribution in [0.3, 0.4) is 0 Å². The lowest BCUT2D eigenvalue weighted by Crippen LogP contribution is -2.29. The van der Waals surface area contributed by atoms with E-state index < -0.39 is 23.3 Å². The van der Waals surface area contributed by atoms with Crippen LogP contribution in [0.15, 0.2) is 30.6 Å². The number of halogens is 2. The van der Waals surface area contributed by atoms with Crippen LogP contribution in [0.5, 0.6) is 0 Å². The molecule has 1 aromatic carbocycles. The van der Waals surface area contributed by atoms with Gasteiger partial charge in [0.1, 0.15) is 5.82 Å². The van der Waals surface area contributed by atoms with Crippen molar-refractivity contribution < 1.29 is 18.4 Å². The molecule has 0 fully saturated rings. The molecule has 0 saturated heterocycles. The summed E-state index contributed by atoms with van der Waals surface area (Å²) < 4.78 is 26.4. The van der Waals surface area contributed by atoms with Crippen LogP contribution >= 0.6 is 0 Å². The van der Waals surface area contributed by atoms with Crippen molar-refractivity contribution in [2.24, 2.45) is 0 Å². The van der Waals surface area contributed by atoms with Crippen molar-refractivity contribution in [2.75, 3.05) is 4.90 Å². The molecule has 0 aliphatic carbocycles. The fraction of sp³-hybridized carbons (Fsp3) is 0.0769. The molecule has 20 heavy (non-hydrogen) atoms. The zero-order valence-electron chi connectivity index (χ0n) is 10.0. The number of carbonyl (C=O) groups is 2. The number of hydrogen-bond donors (Lipinski definition) is 0. The number of hydrogen-bond acceptors (Lipinski definition) is 4. The van der Waals surface area contributed by atoms with Gasteiger partial charge in [-0.1, -0.05) is 0 Å². The fourth-order valence-electron chi connectivity index (χ4n) is 2.00. The van der Waals surface area contributed by atoms with Crippen molar-refractivity contribution in [1.82, 2.24) is 9.97 Å². The van der Waals surface area contributed by atoms with E-state index in [1.54, 1.807) is 6.07 Å². The molecule has 0 radical (unpaired) electrons. The summed E-state index contributed by atoms with van der Waals surface area (Å²) in [6.07, 6.45) is 2.97. The Morgan fingerprint density at radius 3 is 2.40 bits per heavy atom. The quantitative estimate of drug-likeness (QED) is 0.779. The second kappa shape index (κ2) is 4.44. The zero-order valence-corrected chi connectivity index (χ0v) is 10.0. The van der Waals surface area contributed by atoms with Gasteiger partial charge in [-0.3, -0.25) is 14.5 Å². The van der Waals surface area contributed by atoms with E-state index >= 15 is 0 Å². The number of fused-ring (bicyclic) bond motifs is 1. The van der Waals surface area contributed by atoms with Gasteiger partial charge in [0.05, 0.1) is 17.8 Å². The van der Waals surface area contributed by atoms with Crippen molar-refractivity contribution in [1.29, 1.82) is 0 Å². The van der Waals surface area contributed by atoms with Crippen LogP contribution in [-0.2, 0) is 11.3 Å². The van der Waals surface area contributed by atoms with Crippen LogP contribution in [0.25, 0.3) is 0 Å². The first kappa shape index (κ1) is 12.3. The van der Waals surface area contributed by atoms with Crippen LogP contribution in [0.2, 0.25) is 0 Å². The SMILES string of the molecule is O=C1C(=O)N(Cc2ncccn2)c2cc(F)c(F)cc21. The maximum Gasteiger partial charge on any atom is 0.299 e. The Bertz CT molecular complexity index is 719. The fourth-order valence-corrected chi connectivity index (χ4v) is 2.00. The van der Waals surface area contributed by atoms with Crippen molar-refractivity contribution in [3.8, 4) is 0 Å². The first-order chi connectivity index (χ1) is 9.58. The van der Waals surface area contributed by atoms with Gasteiger partial charge in [0.25, 0.3) is 11.7 Å². The predicted molar refractivity (Wildman–Crippen MR) is 63.9 cm³/mol. The molecule has 0 bridgehead atoms. The van der Waals surface area contributed by atoms with Gasteiger partial charge >= 0.3 is 0 Å². The van der Waals surface area contributed by atoms with E-state index in [4.69, 9.17) is 0 Å². The van der Waals surface area contributed by atoms with Crippen molar-refractivity contribution in [2.45, 2.75) is 6.54 Å². The molecule has 100 valence electrons. The molecular formula is C13H7F2N3O2. The summed E-state index contributed by atoms with van der Waals surface area (Å²) >= 11 is 0. The average Bonchev–Trinajstić information content (AvgIpc) is 2.66. The maximum atomic E-state index is 13.3. The molecule has 0 N–H and O–H groups in total. The Morgan fingerprint density at radius 1 is 1.05 bits per heavy atom. The number of anilines is 1. The van der Waals surface area contributed by atoms with Crippen LogP contribution in [-0.4, -0.2) is 21.7 Å². The Hall–Kier alpha value is -2.70. The van der Waals surface area contributed by atoms with Crippen molar-refractivity contribution >= 4 is 17.4 Å². The molecule has 1 amide bonds. The van der Waals surface area contributed by atoms with Crippen LogP contribution < -0.4 is 4.90 Å². The lowest BCUT2D eigenvalue weighted by Gasteiger charge is -2.15. The van der Waals surface area contributed by atoms with E-state index in [0.29, 0.717) is 5.82 Å². The van der Waals surface area contributed by atoms with Gasteiger partial charge in [0.2, 0.25) is 0 Å². The van der Waals surface area contributed by atoms with Gasteiger partial charge in [-0.25, -0.2) is 18.7 Å². The minimum absolute atomic E-state index is 0.0337. The number of amides is 1. The number of carbonyl (C=O) groups excluding carboxylic acids is 2. The van der Waals surface area contributed by atoms with Gasteiger partial charge in [0.15, 0.2) is 11.6 Å². The van der Waals surface area contributed by atoms with Crippen LogP contribution in [0.1, 0.15) is 16.2 Å². The Kier molecular flexibility index (Phi) is 2.74. The lowest BCUT2D eigenvalue weighted by atomic mass is 10.1. The molecule has 0 spiro atoms. The molecule has 0 unspecified atom stereocenters. The molecule has 0 atom stereocenters. The van der Waals surface area contributed by atoms with Crippen LogP contribution in [0.4, 0.5) is 14.5 Å². The predicted octanol–water partition coefficient (Wildman–Crippen LogP) is 1.48. The first-order valence-corrected chi connectivity index (χ1v) is 5.69. The highest BCUT2D eigenvalue weighted by atomic mass is 19.2. The third-order valence-corrected chi connectivity index (χ3v) is 2.93. The zero-order chi connectivity index (χ0) is 14.3. The van der Waals surface area contributed by atoms with E-state index in [2.05, 4.69) is 9.97 Å². The summed E-state index contributed by atoms with van der Waals surface area (Å²) in [5.74, 6) is -3.70. The second-order valence-electron chi connectivity index (χ2n) is 4.17. The number of Topliss-reactive ketones (excluding diaryl/α,β-unsaturated/α-hetero) is 1. The summed E-state index contributed by atoms with van der Waals surface area (Å²) in [6, 6.07) is 3.16. The van der Waals surface area contributed by atoms with Crippen molar-refractivity contribution in [3.63, 3.8) is 0 Å². The Labute approximate surface area is 111 Å². The molecule has 3 rings (SSSR count). The molecule has 2 heterocycles. The minimum atomic E-state index is -1.16. The van der Waals surface area contributed by atoms with Gasteiger partial charge in [-0.2, -0.15) is 0 Å². The molecule has 5 nitrogen and oxygen atoms in total. The Morgan fingerprint density at radius 2 is 1.70 bits per heavy atom. The number of ketones is 1. The monoisotopic (exact) mass is 275 g/mol. The number of benzene rings is 1. The number of aromatic nitrogens is 2. The van der Waals surface area contributed by atoms with E-state index in [-0.39, 0.29) is 17.8 Å². The topological polar surface area (TPSA) is 63.2 Å². The highest BCUT2D eigenvalue weighted by molar-refractivity contribution is 6.52. The van der Waals surface area contributed by atoms with E-state index in [1.807, 2.05) is 0 Å². The Balaban J connectivity index is 2.04. The molecule has 1 aromatic heterocycles. The summed E-state index contributed by atoms with van der Waals surface area (Å²) in [6.45, 7) is -0.0799. The normalized spacial score (nSPS) is 13.8. The summed E-state index contributed by atoms with van der Waals surface area (Å²) in [5.41, 5.74) is -0.115. The molecule has 1 aliphatic heterocycles. The van der Waals surface area contributed by atoms with Gasteiger partial charge in [-0.15, -0.1) is 0 Å². The van der Waals surface area contributed by atoms with Crippen molar-refractivity contribution in [3.05, 3.63) is 53.6 Å². The standard InChI is InChI=1S/C13H7F2N3O2/c14-8-4-7-10(5-9(8)15)18(13(20)12(7)19)6-11-16-2-1-3-17-11/h1-5H,6H2. The minimum Gasteiger partial charge on any atom is -0.297 e. The molecule has 2 aromatic rings.